The minimum atomic E-state index is -0.518. The molecule has 0 unspecified atom stereocenters. The monoisotopic (exact) mass is 225 g/mol. The summed E-state index contributed by atoms with van der Waals surface area (Å²) < 4.78 is 0. The first kappa shape index (κ1) is 10.1. The number of aliphatic imine (C=N–C) groups is 1. The van der Waals surface area contributed by atoms with Crippen LogP contribution >= 0.6 is 0 Å². The van der Waals surface area contributed by atoms with Crippen LogP contribution in [0, 0.1) is 0 Å². The molecule has 1 fully saturated rings. The summed E-state index contributed by atoms with van der Waals surface area (Å²) in [6.45, 7) is 0. The molecule has 2 aromatic rings. The molecule has 2 aromatic carbocycles. The highest BCUT2D eigenvalue weighted by molar-refractivity contribution is 5.85. The van der Waals surface area contributed by atoms with Crippen molar-refractivity contribution in [2.24, 2.45) is 4.99 Å². The van der Waals surface area contributed by atoms with E-state index in [9.17, 15) is 9.90 Å². The molecule has 84 valence electrons. The molecular weight excluding hydrogens is 214 g/mol. The first-order valence-electron chi connectivity index (χ1n) is 5.56. The first-order valence-corrected chi connectivity index (χ1v) is 5.56. The van der Waals surface area contributed by atoms with Crippen molar-refractivity contribution in [1.82, 2.24) is 0 Å². The van der Waals surface area contributed by atoms with Gasteiger partial charge in [0.15, 0.2) is 0 Å². The van der Waals surface area contributed by atoms with Crippen molar-refractivity contribution in [1.29, 1.82) is 0 Å². The van der Waals surface area contributed by atoms with Gasteiger partial charge in [-0.3, -0.25) is 0 Å². The minimum absolute atomic E-state index is 0.209. The molecule has 0 radical (unpaired) electrons. The molecule has 0 atom stereocenters. The molecule has 1 aliphatic rings. The van der Waals surface area contributed by atoms with Crippen molar-refractivity contribution >= 4 is 16.9 Å². The molecule has 3 rings (SSSR count). The molecule has 17 heavy (non-hydrogen) atoms. The number of rotatable bonds is 2. The SMILES string of the molecule is O=C=NC1(c2cc3ccccc3cc2O)CC1. The molecule has 0 aromatic heterocycles. The fourth-order valence-corrected chi connectivity index (χ4v) is 2.25. The zero-order chi connectivity index (χ0) is 11.9. The summed E-state index contributed by atoms with van der Waals surface area (Å²) in [5.41, 5.74) is 0.218. The van der Waals surface area contributed by atoms with Crippen LogP contribution in [0.2, 0.25) is 0 Å². The van der Waals surface area contributed by atoms with Gasteiger partial charge in [-0.25, -0.2) is 4.79 Å². The van der Waals surface area contributed by atoms with E-state index in [0.717, 1.165) is 29.2 Å². The van der Waals surface area contributed by atoms with E-state index < -0.39 is 5.54 Å². The summed E-state index contributed by atoms with van der Waals surface area (Å²) in [5.74, 6) is 0.209. The van der Waals surface area contributed by atoms with Crippen LogP contribution in [0.5, 0.6) is 5.75 Å². The van der Waals surface area contributed by atoms with Crippen molar-refractivity contribution in [3.8, 4) is 5.75 Å². The predicted molar refractivity (Wildman–Crippen MR) is 64.6 cm³/mol. The van der Waals surface area contributed by atoms with Gasteiger partial charge in [-0.15, -0.1) is 0 Å². The van der Waals surface area contributed by atoms with E-state index in [1.807, 2.05) is 30.3 Å². The summed E-state index contributed by atoms with van der Waals surface area (Å²) in [6, 6.07) is 11.5. The van der Waals surface area contributed by atoms with Gasteiger partial charge >= 0.3 is 0 Å². The van der Waals surface area contributed by atoms with E-state index in [1.54, 1.807) is 12.1 Å². The summed E-state index contributed by atoms with van der Waals surface area (Å²) in [6.07, 6.45) is 3.21. The van der Waals surface area contributed by atoms with E-state index in [-0.39, 0.29) is 5.75 Å². The Hall–Kier alpha value is -2.12. The second-order valence-corrected chi connectivity index (χ2v) is 4.45. The van der Waals surface area contributed by atoms with Crippen LogP contribution in [0.15, 0.2) is 41.4 Å². The van der Waals surface area contributed by atoms with Crippen molar-refractivity contribution in [3.05, 3.63) is 42.0 Å². The zero-order valence-corrected chi connectivity index (χ0v) is 9.18. The highest BCUT2D eigenvalue weighted by Gasteiger charge is 2.46. The van der Waals surface area contributed by atoms with Crippen molar-refractivity contribution < 1.29 is 9.90 Å². The molecule has 3 nitrogen and oxygen atoms in total. The van der Waals surface area contributed by atoms with Crippen LogP contribution < -0.4 is 0 Å². The third kappa shape index (κ3) is 1.52. The lowest BCUT2D eigenvalue weighted by atomic mass is 9.99. The average Bonchev–Trinajstić information content (AvgIpc) is 3.09. The number of nitrogens with zero attached hydrogens (tertiary/aromatic N) is 1. The van der Waals surface area contributed by atoms with Gasteiger partial charge in [-0.05, 0) is 35.7 Å². The molecule has 1 saturated carbocycles. The molecule has 1 N–H and O–H groups in total. The van der Waals surface area contributed by atoms with Gasteiger partial charge < -0.3 is 5.11 Å². The lowest BCUT2D eigenvalue weighted by Gasteiger charge is -2.11. The van der Waals surface area contributed by atoms with Crippen LogP contribution in [-0.4, -0.2) is 11.2 Å². The summed E-state index contributed by atoms with van der Waals surface area (Å²) >= 11 is 0. The summed E-state index contributed by atoms with van der Waals surface area (Å²) in [7, 11) is 0. The van der Waals surface area contributed by atoms with E-state index in [0.29, 0.717) is 0 Å². The highest BCUT2D eigenvalue weighted by atomic mass is 16.3. The topological polar surface area (TPSA) is 49.7 Å². The van der Waals surface area contributed by atoms with Gasteiger partial charge in [0.05, 0.1) is 0 Å². The van der Waals surface area contributed by atoms with Gasteiger partial charge in [-0.1, -0.05) is 24.3 Å². The van der Waals surface area contributed by atoms with Crippen LogP contribution in [0.4, 0.5) is 0 Å². The number of phenols is 1. The molecule has 0 bridgehead atoms. The van der Waals surface area contributed by atoms with E-state index >= 15 is 0 Å². The third-order valence-electron chi connectivity index (χ3n) is 3.35. The van der Waals surface area contributed by atoms with Crippen LogP contribution in [0.1, 0.15) is 18.4 Å². The maximum atomic E-state index is 10.4. The molecule has 1 aliphatic carbocycles. The summed E-state index contributed by atoms with van der Waals surface area (Å²) in [5, 5.41) is 12.1. The Morgan fingerprint density at radius 2 is 1.82 bits per heavy atom. The number of hydrogen-bond donors (Lipinski definition) is 1. The van der Waals surface area contributed by atoms with Gasteiger partial charge in [0.1, 0.15) is 11.3 Å². The second-order valence-electron chi connectivity index (χ2n) is 4.45. The van der Waals surface area contributed by atoms with Gasteiger partial charge in [0.2, 0.25) is 6.08 Å². The molecular formula is C14H11NO2. The van der Waals surface area contributed by atoms with Crippen molar-refractivity contribution in [2.45, 2.75) is 18.4 Å². The quantitative estimate of drug-likeness (QED) is 0.631. The number of phenolic OH excluding ortho intramolecular Hbond substituents is 1. The number of isocyanates is 1. The molecule has 3 heteroatoms. The second kappa shape index (κ2) is 3.44. The van der Waals surface area contributed by atoms with Crippen LogP contribution in [0.3, 0.4) is 0 Å². The standard InChI is InChI=1S/C14H11NO2/c16-9-15-14(5-6-14)12-7-10-3-1-2-4-11(10)8-13(12)17/h1-4,7-8,17H,5-6H2. The molecule has 0 spiro atoms. The summed E-state index contributed by atoms with van der Waals surface area (Å²) in [4.78, 5) is 14.3. The predicted octanol–water partition coefficient (Wildman–Crippen LogP) is 2.87. The van der Waals surface area contributed by atoms with Crippen LogP contribution in [0.25, 0.3) is 10.8 Å². The van der Waals surface area contributed by atoms with E-state index in [1.165, 1.54) is 0 Å². The fourth-order valence-electron chi connectivity index (χ4n) is 2.25. The van der Waals surface area contributed by atoms with E-state index in [2.05, 4.69) is 4.99 Å². The first-order chi connectivity index (χ1) is 8.25. The van der Waals surface area contributed by atoms with Gasteiger partial charge in [0.25, 0.3) is 0 Å². The Balaban J connectivity index is 2.23. The normalized spacial score (nSPS) is 16.5. The Labute approximate surface area is 98.4 Å². The third-order valence-corrected chi connectivity index (χ3v) is 3.35. The van der Waals surface area contributed by atoms with Crippen molar-refractivity contribution in [3.63, 3.8) is 0 Å². The Kier molecular flexibility index (Phi) is 2.03. The van der Waals surface area contributed by atoms with E-state index in [4.69, 9.17) is 0 Å². The highest BCUT2D eigenvalue weighted by Crippen LogP contribution is 2.52. The Morgan fingerprint density at radius 3 is 2.41 bits per heavy atom. The number of hydrogen-bond acceptors (Lipinski definition) is 3. The maximum absolute atomic E-state index is 10.4. The van der Waals surface area contributed by atoms with Crippen molar-refractivity contribution in [2.75, 3.05) is 0 Å². The minimum Gasteiger partial charge on any atom is -0.508 e. The Bertz CT molecular complexity index is 638. The number of carbonyl (C=O) groups excluding carboxylic acids is 1. The van der Waals surface area contributed by atoms with Crippen LogP contribution in [-0.2, 0) is 10.3 Å². The smallest absolute Gasteiger partial charge is 0.235 e. The largest absolute Gasteiger partial charge is 0.508 e. The number of fused-ring (bicyclic) bond motifs is 1. The van der Waals surface area contributed by atoms with Gasteiger partial charge in [-0.2, -0.15) is 4.99 Å². The lowest BCUT2D eigenvalue weighted by molar-refractivity contribution is 0.460. The lowest BCUT2D eigenvalue weighted by Crippen LogP contribution is -2.02. The number of aromatic hydroxyl groups is 1. The average molecular weight is 225 g/mol. The maximum Gasteiger partial charge on any atom is 0.235 e. The molecule has 0 heterocycles. The Morgan fingerprint density at radius 1 is 1.18 bits per heavy atom. The zero-order valence-electron chi connectivity index (χ0n) is 9.18. The molecule has 0 aliphatic heterocycles. The van der Waals surface area contributed by atoms with Gasteiger partial charge in [0, 0.05) is 5.56 Å². The molecule has 0 saturated heterocycles. The fraction of sp³-hybridized carbons (Fsp3) is 0.214. The number of benzene rings is 2. The molecule has 0 amide bonds.